The minimum atomic E-state index is -0.170. The minimum Gasteiger partial charge on any atom is -0.338 e. The first-order valence-electron chi connectivity index (χ1n) is 6.60. The van der Waals surface area contributed by atoms with Crippen molar-refractivity contribution in [2.45, 2.75) is 20.3 Å². The Morgan fingerprint density at radius 1 is 1.30 bits per heavy atom. The zero-order chi connectivity index (χ0) is 14.5. The van der Waals surface area contributed by atoms with Gasteiger partial charge < -0.3 is 9.84 Å². The van der Waals surface area contributed by atoms with E-state index in [-0.39, 0.29) is 5.91 Å². The van der Waals surface area contributed by atoms with E-state index in [0.29, 0.717) is 11.4 Å². The van der Waals surface area contributed by atoms with Gasteiger partial charge in [-0.1, -0.05) is 23.4 Å². The van der Waals surface area contributed by atoms with Crippen molar-refractivity contribution in [3.8, 4) is 0 Å². The Balaban J connectivity index is 2.19. The Bertz CT molecular complexity index is 605. The van der Waals surface area contributed by atoms with Crippen molar-refractivity contribution in [2.24, 2.45) is 0 Å². The maximum Gasteiger partial charge on any atom is 0.258 e. The molecule has 5 nitrogen and oxygen atoms in total. The molecular weight excluding hydrogens is 254 g/mol. The van der Waals surface area contributed by atoms with Gasteiger partial charge in [0.25, 0.3) is 5.91 Å². The highest BCUT2D eigenvalue weighted by atomic mass is 16.5. The molecule has 106 valence electrons. The Kier molecular flexibility index (Phi) is 4.53. The number of aryl methyl sites for hydroxylation is 1. The fourth-order valence-electron chi connectivity index (χ4n) is 1.92. The molecule has 0 fully saturated rings. The highest BCUT2D eigenvalue weighted by Crippen LogP contribution is 2.19. The van der Waals surface area contributed by atoms with Crippen LogP contribution in [0.15, 0.2) is 28.8 Å². The number of likely N-dealkylation sites (N-methyl/N-ethyl adjacent to an activating group) is 1. The molecule has 0 aliphatic heterocycles. The van der Waals surface area contributed by atoms with E-state index in [4.69, 9.17) is 4.52 Å². The van der Waals surface area contributed by atoms with E-state index >= 15 is 0 Å². The van der Waals surface area contributed by atoms with E-state index in [9.17, 15) is 4.79 Å². The first-order chi connectivity index (χ1) is 9.63. The standard InChI is InChI=1S/C15H19N3O2/c1-10-11(2)18-20-15(10)17-14(19)13-7-5-4-6-12(13)8-9-16-3/h4-7,16H,8-9H2,1-3H3,(H,17,19). The predicted molar refractivity (Wildman–Crippen MR) is 78.0 cm³/mol. The molecule has 0 aliphatic rings. The number of benzene rings is 1. The van der Waals surface area contributed by atoms with E-state index in [1.807, 2.05) is 45.2 Å². The molecule has 2 aromatic rings. The molecule has 0 unspecified atom stereocenters. The highest BCUT2D eigenvalue weighted by molar-refractivity contribution is 6.04. The number of anilines is 1. The molecule has 0 bridgehead atoms. The molecule has 20 heavy (non-hydrogen) atoms. The average Bonchev–Trinajstić information content (AvgIpc) is 2.77. The van der Waals surface area contributed by atoms with E-state index in [1.165, 1.54) is 0 Å². The zero-order valence-corrected chi connectivity index (χ0v) is 12.0. The lowest BCUT2D eigenvalue weighted by Gasteiger charge is -2.08. The summed E-state index contributed by atoms with van der Waals surface area (Å²) < 4.78 is 5.11. The average molecular weight is 273 g/mol. The minimum absolute atomic E-state index is 0.170. The Morgan fingerprint density at radius 3 is 2.70 bits per heavy atom. The summed E-state index contributed by atoms with van der Waals surface area (Å²) >= 11 is 0. The quantitative estimate of drug-likeness (QED) is 0.877. The Labute approximate surface area is 118 Å². The number of rotatable bonds is 5. The van der Waals surface area contributed by atoms with Crippen LogP contribution in [0.4, 0.5) is 5.88 Å². The van der Waals surface area contributed by atoms with Gasteiger partial charge in [0.1, 0.15) is 0 Å². The van der Waals surface area contributed by atoms with Crippen molar-refractivity contribution in [1.29, 1.82) is 0 Å². The number of carbonyl (C=O) groups excluding carboxylic acids is 1. The summed E-state index contributed by atoms with van der Waals surface area (Å²) in [4.78, 5) is 12.3. The maximum absolute atomic E-state index is 12.3. The summed E-state index contributed by atoms with van der Waals surface area (Å²) in [6.45, 7) is 4.54. The lowest BCUT2D eigenvalue weighted by atomic mass is 10.0. The fraction of sp³-hybridized carbons (Fsp3) is 0.333. The third-order valence-electron chi connectivity index (χ3n) is 3.29. The molecule has 0 saturated heterocycles. The Hall–Kier alpha value is -2.14. The molecule has 0 aliphatic carbocycles. The SMILES string of the molecule is CNCCc1ccccc1C(=O)Nc1onc(C)c1C. The number of carbonyl (C=O) groups is 1. The van der Waals surface area contributed by atoms with E-state index in [1.54, 1.807) is 0 Å². The monoisotopic (exact) mass is 273 g/mol. The summed E-state index contributed by atoms with van der Waals surface area (Å²) in [5.41, 5.74) is 3.30. The van der Waals surface area contributed by atoms with Crippen LogP contribution in [0.2, 0.25) is 0 Å². The lowest BCUT2D eigenvalue weighted by Crippen LogP contribution is -2.17. The zero-order valence-electron chi connectivity index (χ0n) is 12.0. The van der Waals surface area contributed by atoms with Gasteiger partial charge in [0, 0.05) is 11.1 Å². The molecule has 1 aromatic heterocycles. The van der Waals surface area contributed by atoms with Gasteiger partial charge in [0.15, 0.2) is 0 Å². The largest absolute Gasteiger partial charge is 0.338 e. The molecule has 0 saturated carbocycles. The number of nitrogens with one attached hydrogen (secondary N) is 2. The van der Waals surface area contributed by atoms with Gasteiger partial charge in [-0.3, -0.25) is 10.1 Å². The van der Waals surface area contributed by atoms with Crippen molar-refractivity contribution in [3.63, 3.8) is 0 Å². The van der Waals surface area contributed by atoms with Gasteiger partial charge in [0.2, 0.25) is 5.88 Å². The topological polar surface area (TPSA) is 67.2 Å². The third kappa shape index (κ3) is 3.05. The van der Waals surface area contributed by atoms with Crippen LogP contribution in [-0.4, -0.2) is 24.7 Å². The maximum atomic E-state index is 12.3. The molecular formula is C15H19N3O2. The summed E-state index contributed by atoms with van der Waals surface area (Å²) in [6.07, 6.45) is 0.800. The Morgan fingerprint density at radius 2 is 2.05 bits per heavy atom. The van der Waals surface area contributed by atoms with Crippen molar-refractivity contribution in [2.75, 3.05) is 18.9 Å². The van der Waals surface area contributed by atoms with Gasteiger partial charge in [-0.15, -0.1) is 0 Å². The van der Waals surface area contributed by atoms with Crippen molar-refractivity contribution < 1.29 is 9.32 Å². The smallest absolute Gasteiger partial charge is 0.258 e. The molecule has 1 heterocycles. The molecule has 5 heteroatoms. The van der Waals surface area contributed by atoms with Crippen LogP contribution in [0.5, 0.6) is 0 Å². The van der Waals surface area contributed by atoms with E-state index < -0.39 is 0 Å². The predicted octanol–water partition coefficient (Wildman–Crippen LogP) is 2.31. The number of nitrogens with zero attached hydrogens (tertiary/aromatic N) is 1. The van der Waals surface area contributed by atoms with Gasteiger partial charge in [-0.2, -0.15) is 0 Å². The van der Waals surface area contributed by atoms with Gasteiger partial charge in [-0.05, 0) is 45.5 Å². The number of hydrogen-bond donors (Lipinski definition) is 2. The molecule has 0 radical (unpaired) electrons. The normalized spacial score (nSPS) is 10.6. The van der Waals surface area contributed by atoms with Crippen LogP contribution >= 0.6 is 0 Å². The van der Waals surface area contributed by atoms with Crippen LogP contribution < -0.4 is 10.6 Å². The highest BCUT2D eigenvalue weighted by Gasteiger charge is 2.15. The second kappa shape index (κ2) is 6.34. The van der Waals surface area contributed by atoms with Crippen LogP contribution in [0.25, 0.3) is 0 Å². The number of aromatic nitrogens is 1. The van der Waals surface area contributed by atoms with Crippen LogP contribution in [0.1, 0.15) is 27.2 Å². The van der Waals surface area contributed by atoms with Gasteiger partial charge >= 0.3 is 0 Å². The molecule has 2 N–H and O–H groups in total. The number of hydrogen-bond acceptors (Lipinski definition) is 4. The molecule has 1 aromatic carbocycles. The molecule has 0 atom stereocenters. The third-order valence-corrected chi connectivity index (χ3v) is 3.29. The molecule has 1 amide bonds. The van der Waals surface area contributed by atoms with Crippen LogP contribution in [-0.2, 0) is 6.42 Å². The molecule has 2 rings (SSSR count). The van der Waals surface area contributed by atoms with Crippen molar-refractivity contribution in [1.82, 2.24) is 10.5 Å². The second-order valence-electron chi connectivity index (χ2n) is 4.69. The van der Waals surface area contributed by atoms with Gasteiger partial charge in [-0.25, -0.2) is 0 Å². The second-order valence-corrected chi connectivity index (χ2v) is 4.69. The van der Waals surface area contributed by atoms with Crippen LogP contribution in [0.3, 0.4) is 0 Å². The van der Waals surface area contributed by atoms with E-state index in [0.717, 1.165) is 29.8 Å². The van der Waals surface area contributed by atoms with Crippen molar-refractivity contribution >= 4 is 11.8 Å². The fourth-order valence-corrected chi connectivity index (χ4v) is 1.92. The first-order valence-corrected chi connectivity index (χ1v) is 6.60. The lowest BCUT2D eigenvalue weighted by molar-refractivity contribution is 0.102. The molecule has 0 spiro atoms. The van der Waals surface area contributed by atoms with Gasteiger partial charge in [0.05, 0.1) is 5.69 Å². The summed E-state index contributed by atoms with van der Waals surface area (Å²) in [6, 6.07) is 7.57. The summed E-state index contributed by atoms with van der Waals surface area (Å²) in [5, 5.41) is 9.70. The van der Waals surface area contributed by atoms with Crippen LogP contribution in [0, 0.1) is 13.8 Å². The van der Waals surface area contributed by atoms with E-state index in [2.05, 4.69) is 15.8 Å². The number of amides is 1. The summed E-state index contributed by atoms with van der Waals surface area (Å²) in [7, 11) is 1.89. The summed E-state index contributed by atoms with van der Waals surface area (Å²) in [5.74, 6) is 0.242. The first kappa shape index (κ1) is 14.3. The van der Waals surface area contributed by atoms with Crippen molar-refractivity contribution in [3.05, 3.63) is 46.6 Å².